The number of benzene rings is 1. The largest absolute Gasteiger partial charge is 0.348 e. The molecule has 1 aliphatic carbocycles. The molecule has 1 aromatic rings. The molecule has 2 aliphatic rings. The minimum absolute atomic E-state index is 0.202. The molecule has 110 valence electrons. The van der Waals surface area contributed by atoms with E-state index < -0.39 is 15.9 Å². The molecule has 0 bridgehead atoms. The van der Waals surface area contributed by atoms with Crippen LogP contribution in [0, 0.1) is 0 Å². The van der Waals surface area contributed by atoms with Crippen molar-refractivity contribution < 1.29 is 22.1 Å². The summed E-state index contributed by atoms with van der Waals surface area (Å²) in [5, 5.41) is 0. The first kappa shape index (κ1) is 14.0. The quantitative estimate of drug-likeness (QED) is 0.800. The van der Waals surface area contributed by atoms with E-state index in [1.54, 1.807) is 30.3 Å². The normalized spacial score (nSPS) is 23.2. The Labute approximate surface area is 119 Å². The molecule has 20 heavy (non-hydrogen) atoms. The molecule has 5 nitrogen and oxygen atoms in total. The highest BCUT2D eigenvalue weighted by Crippen LogP contribution is 2.37. The summed E-state index contributed by atoms with van der Waals surface area (Å²) >= 11 is 0. The van der Waals surface area contributed by atoms with Crippen molar-refractivity contribution in [1.82, 2.24) is 0 Å². The average molecular weight is 298 g/mol. The first-order valence-electron chi connectivity index (χ1n) is 6.86. The molecule has 3 rings (SSSR count). The van der Waals surface area contributed by atoms with Crippen LogP contribution in [0.4, 0.5) is 0 Å². The van der Waals surface area contributed by atoms with Crippen LogP contribution in [-0.4, -0.2) is 33.5 Å². The van der Waals surface area contributed by atoms with Gasteiger partial charge in [-0.05, 0) is 25.0 Å². The molecule has 1 spiro atoms. The van der Waals surface area contributed by atoms with Crippen LogP contribution in [0.2, 0.25) is 0 Å². The Hall–Kier alpha value is -0.950. The first-order valence-corrected chi connectivity index (χ1v) is 8.27. The monoisotopic (exact) mass is 298 g/mol. The highest BCUT2D eigenvalue weighted by molar-refractivity contribution is 7.86. The molecular formula is C14H18O5S. The van der Waals surface area contributed by atoms with Gasteiger partial charge >= 0.3 is 0 Å². The van der Waals surface area contributed by atoms with Crippen molar-refractivity contribution in [3.8, 4) is 0 Å². The third kappa shape index (κ3) is 2.88. The predicted molar refractivity (Wildman–Crippen MR) is 71.6 cm³/mol. The van der Waals surface area contributed by atoms with E-state index in [4.69, 9.17) is 13.7 Å². The van der Waals surface area contributed by atoms with Crippen molar-refractivity contribution >= 4 is 10.1 Å². The molecule has 2 fully saturated rings. The standard InChI is InChI=1S/C14H18O5S/c15-20(16,13-4-2-1-3-5-13)19-12-6-8-14(9-7-12)17-10-11-18-14/h1-5,12H,6-11H2. The number of hydrogen-bond donors (Lipinski definition) is 0. The van der Waals surface area contributed by atoms with Crippen LogP contribution in [0.3, 0.4) is 0 Å². The zero-order chi connectivity index (χ0) is 14.1. The lowest BCUT2D eigenvalue weighted by Crippen LogP contribution is -2.38. The fourth-order valence-corrected chi connectivity index (χ4v) is 3.89. The molecule has 6 heteroatoms. The molecule has 0 unspecified atom stereocenters. The van der Waals surface area contributed by atoms with Gasteiger partial charge in [-0.25, -0.2) is 0 Å². The van der Waals surface area contributed by atoms with E-state index in [2.05, 4.69) is 0 Å². The molecule has 0 atom stereocenters. The van der Waals surface area contributed by atoms with E-state index in [-0.39, 0.29) is 11.0 Å². The highest BCUT2D eigenvalue weighted by Gasteiger charge is 2.41. The summed E-state index contributed by atoms with van der Waals surface area (Å²) in [5.41, 5.74) is 0. The molecule has 0 N–H and O–H groups in total. The molecular weight excluding hydrogens is 280 g/mol. The van der Waals surface area contributed by atoms with Gasteiger partial charge in [0.15, 0.2) is 5.79 Å². The third-order valence-corrected chi connectivity index (χ3v) is 5.18. The van der Waals surface area contributed by atoms with Gasteiger partial charge in [0, 0.05) is 12.8 Å². The molecule has 1 saturated carbocycles. The van der Waals surface area contributed by atoms with Gasteiger partial charge in [0.1, 0.15) is 0 Å². The van der Waals surface area contributed by atoms with Crippen LogP contribution < -0.4 is 0 Å². The van der Waals surface area contributed by atoms with Crippen molar-refractivity contribution in [3.05, 3.63) is 30.3 Å². The van der Waals surface area contributed by atoms with E-state index in [1.165, 1.54) is 0 Å². The van der Waals surface area contributed by atoms with Gasteiger partial charge in [-0.15, -0.1) is 0 Å². The van der Waals surface area contributed by atoms with Crippen LogP contribution in [0.15, 0.2) is 35.2 Å². The van der Waals surface area contributed by atoms with Crippen LogP contribution in [-0.2, 0) is 23.8 Å². The summed E-state index contributed by atoms with van der Waals surface area (Å²) in [6, 6.07) is 8.24. The lowest BCUT2D eigenvalue weighted by atomic mass is 9.92. The second-order valence-corrected chi connectivity index (χ2v) is 6.74. The van der Waals surface area contributed by atoms with Crippen LogP contribution >= 0.6 is 0 Å². The lowest BCUT2D eigenvalue weighted by molar-refractivity contribution is -0.185. The van der Waals surface area contributed by atoms with Crippen molar-refractivity contribution in [1.29, 1.82) is 0 Å². The molecule has 1 saturated heterocycles. The maximum absolute atomic E-state index is 12.1. The predicted octanol–water partition coefficient (Wildman–Crippen LogP) is 2.08. The zero-order valence-corrected chi connectivity index (χ0v) is 12.0. The number of rotatable bonds is 3. The van der Waals surface area contributed by atoms with Crippen molar-refractivity contribution in [3.63, 3.8) is 0 Å². The average Bonchev–Trinajstić information content (AvgIpc) is 2.91. The van der Waals surface area contributed by atoms with Crippen LogP contribution in [0.25, 0.3) is 0 Å². The summed E-state index contributed by atoms with van der Waals surface area (Å²) in [6.45, 7) is 1.24. The summed E-state index contributed by atoms with van der Waals surface area (Å²) < 4.78 is 40.8. The second kappa shape index (κ2) is 5.44. The van der Waals surface area contributed by atoms with E-state index in [0.29, 0.717) is 38.9 Å². The summed E-state index contributed by atoms with van der Waals surface area (Å²) in [6.07, 6.45) is 2.33. The number of ether oxygens (including phenoxy) is 2. The maximum Gasteiger partial charge on any atom is 0.297 e. The molecule has 1 aliphatic heterocycles. The van der Waals surface area contributed by atoms with Gasteiger partial charge in [-0.2, -0.15) is 8.42 Å². The Morgan fingerprint density at radius 3 is 2.25 bits per heavy atom. The fraction of sp³-hybridized carbons (Fsp3) is 0.571. The van der Waals surface area contributed by atoms with Gasteiger partial charge in [-0.1, -0.05) is 18.2 Å². The molecule has 0 radical (unpaired) electrons. The van der Waals surface area contributed by atoms with Crippen LogP contribution in [0.1, 0.15) is 25.7 Å². The van der Waals surface area contributed by atoms with Gasteiger partial charge in [0.05, 0.1) is 24.2 Å². The third-order valence-electron chi connectivity index (χ3n) is 3.80. The fourth-order valence-electron chi connectivity index (χ4n) is 2.73. The second-order valence-electron chi connectivity index (χ2n) is 5.17. The summed E-state index contributed by atoms with van der Waals surface area (Å²) in [7, 11) is -3.68. The smallest absolute Gasteiger partial charge is 0.297 e. The van der Waals surface area contributed by atoms with E-state index in [0.717, 1.165) is 0 Å². The Bertz CT molecular complexity index is 538. The topological polar surface area (TPSA) is 61.8 Å². The summed E-state index contributed by atoms with van der Waals surface area (Å²) in [5.74, 6) is -0.490. The SMILES string of the molecule is O=S(=O)(OC1CCC2(CC1)OCCO2)c1ccccc1. The van der Waals surface area contributed by atoms with Crippen molar-refractivity contribution in [2.45, 2.75) is 42.5 Å². The number of hydrogen-bond acceptors (Lipinski definition) is 5. The lowest BCUT2D eigenvalue weighted by Gasteiger charge is -2.34. The minimum atomic E-state index is -3.68. The molecule has 0 amide bonds. The molecule has 1 heterocycles. The Morgan fingerprint density at radius 1 is 1.05 bits per heavy atom. The minimum Gasteiger partial charge on any atom is -0.348 e. The Kier molecular flexibility index (Phi) is 3.81. The van der Waals surface area contributed by atoms with Crippen molar-refractivity contribution in [2.24, 2.45) is 0 Å². The Balaban J connectivity index is 1.62. The molecule has 0 aromatic heterocycles. The first-order chi connectivity index (χ1) is 9.60. The van der Waals surface area contributed by atoms with Crippen LogP contribution in [0.5, 0.6) is 0 Å². The van der Waals surface area contributed by atoms with Gasteiger partial charge < -0.3 is 9.47 Å². The maximum atomic E-state index is 12.1. The zero-order valence-electron chi connectivity index (χ0n) is 11.2. The van der Waals surface area contributed by atoms with E-state index >= 15 is 0 Å². The Morgan fingerprint density at radius 2 is 1.65 bits per heavy atom. The van der Waals surface area contributed by atoms with E-state index in [9.17, 15) is 8.42 Å². The summed E-state index contributed by atoms with van der Waals surface area (Å²) in [4.78, 5) is 0.202. The van der Waals surface area contributed by atoms with Crippen molar-refractivity contribution in [2.75, 3.05) is 13.2 Å². The highest BCUT2D eigenvalue weighted by atomic mass is 32.2. The van der Waals surface area contributed by atoms with E-state index in [1.807, 2.05) is 0 Å². The molecule has 1 aromatic carbocycles. The van der Waals surface area contributed by atoms with Gasteiger partial charge in [0.2, 0.25) is 0 Å². The van der Waals surface area contributed by atoms with Gasteiger partial charge in [0.25, 0.3) is 10.1 Å². The van der Waals surface area contributed by atoms with Gasteiger partial charge in [-0.3, -0.25) is 4.18 Å².